The highest BCUT2D eigenvalue weighted by atomic mass is 16.3. The number of amides is 3. The zero-order chi connectivity index (χ0) is 14.1. The van der Waals surface area contributed by atoms with Gasteiger partial charge < -0.3 is 21.1 Å². The fraction of sp³-hybridized carbons (Fsp3) is 0.385. The lowest BCUT2D eigenvalue weighted by Crippen LogP contribution is -2.44. The van der Waals surface area contributed by atoms with Crippen LogP contribution >= 0.6 is 0 Å². The predicted molar refractivity (Wildman–Crippen MR) is 72.8 cm³/mol. The Bertz CT molecular complexity index is 405. The fourth-order valence-electron chi connectivity index (χ4n) is 1.41. The van der Waals surface area contributed by atoms with E-state index in [-0.39, 0.29) is 25.1 Å². The van der Waals surface area contributed by atoms with Crippen LogP contribution in [0.15, 0.2) is 30.3 Å². The van der Waals surface area contributed by atoms with Crippen molar-refractivity contribution in [3.8, 4) is 0 Å². The molecule has 0 fully saturated rings. The molecule has 0 aliphatic carbocycles. The van der Waals surface area contributed by atoms with Gasteiger partial charge in [0.15, 0.2) is 0 Å². The minimum atomic E-state index is -0.446. The van der Waals surface area contributed by atoms with Crippen molar-refractivity contribution in [2.75, 3.05) is 18.5 Å². The van der Waals surface area contributed by atoms with Gasteiger partial charge in [0.2, 0.25) is 5.91 Å². The van der Waals surface area contributed by atoms with E-state index >= 15 is 0 Å². The molecule has 0 bridgehead atoms. The van der Waals surface area contributed by atoms with Crippen molar-refractivity contribution in [3.05, 3.63) is 30.3 Å². The summed E-state index contributed by atoms with van der Waals surface area (Å²) in [5.74, 6) is -0.330. The Morgan fingerprint density at radius 1 is 1.26 bits per heavy atom. The van der Waals surface area contributed by atoms with E-state index < -0.39 is 6.03 Å². The molecule has 0 radical (unpaired) electrons. The molecule has 6 nitrogen and oxygen atoms in total. The van der Waals surface area contributed by atoms with Crippen LogP contribution in [0.4, 0.5) is 10.5 Å². The van der Waals surface area contributed by atoms with Crippen LogP contribution in [0, 0.1) is 0 Å². The number of carbonyl (C=O) groups is 2. The number of benzene rings is 1. The zero-order valence-electron chi connectivity index (χ0n) is 10.8. The van der Waals surface area contributed by atoms with E-state index in [1.807, 2.05) is 13.0 Å². The van der Waals surface area contributed by atoms with E-state index in [0.717, 1.165) is 0 Å². The van der Waals surface area contributed by atoms with Gasteiger partial charge in [-0.1, -0.05) is 25.1 Å². The maximum atomic E-state index is 11.5. The van der Waals surface area contributed by atoms with E-state index in [9.17, 15) is 9.59 Å². The summed E-state index contributed by atoms with van der Waals surface area (Å²) in [7, 11) is 0. The average molecular weight is 265 g/mol. The number of para-hydroxylation sites is 1. The maximum Gasteiger partial charge on any atom is 0.319 e. The normalized spacial score (nSPS) is 11.5. The van der Waals surface area contributed by atoms with Crippen LogP contribution in [0.2, 0.25) is 0 Å². The van der Waals surface area contributed by atoms with Crippen LogP contribution in [0.1, 0.15) is 13.3 Å². The van der Waals surface area contributed by atoms with E-state index in [2.05, 4.69) is 16.0 Å². The number of rotatable bonds is 6. The SMILES string of the molecule is CC[C@H](CO)NC(=O)CNC(=O)Nc1ccccc1. The minimum absolute atomic E-state index is 0.113. The quantitative estimate of drug-likeness (QED) is 0.610. The standard InChI is InChI=1S/C13H19N3O3/c1-2-10(9-17)15-12(18)8-14-13(19)16-11-6-4-3-5-7-11/h3-7,10,17H,2,8-9H2,1H3,(H,15,18)(H2,14,16,19)/t10-/m1/s1. The zero-order valence-corrected chi connectivity index (χ0v) is 10.8. The van der Waals surface area contributed by atoms with E-state index in [4.69, 9.17) is 5.11 Å². The second-order valence-electron chi connectivity index (χ2n) is 4.03. The van der Waals surface area contributed by atoms with Gasteiger partial charge in [0.25, 0.3) is 0 Å². The van der Waals surface area contributed by atoms with Crippen molar-refractivity contribution in [1.29, 1.82) is 0 Å². The number of carbonyl (C=O) groups excluding carboxylic acids is 2. The topological polar surface area (TPSA) is 90.5 Å². The van der Waals surface area contributed by atoms with Gasteiger partial charge in [-0.15, -0.1) is 0 Å². The van der Waals surface area contributed by atoms with Crippen molar-refractivity contribution >= 4 is 17.6 Å². The van der Waals surface area contributed by atoms with Crippen LogP contribution in [-0.2, 0) is 4.79 Å². The lowest BCUT2D eigenvalue weighted by Gasteiger charge is -2.14. The second kappa shape index (κ2) is 8.10. The monoisotopic (exact) mass is 265 g/mol. The molecule has 4 N–H and O–H groups in total. The average Bonchev–Trinajstić information content (AvgIpc) is 2.43. The van der Waals surface area contributed by atoms with Crippen LogP contribution in [-0.4, -0.2) is 36.2 Å². The smallest absolute Gasteiger partial charge is 0.319 e. The first-order valence-electron chi connectivity index (χ1n) is 6.15. The lowest BCUT2D eigenvalue weighted by atomic mass is 10.2. The first-order chi connectivity index (χ1) is 9.15. The molecule has 3 amide bonds. The summed E-state index contributed by atoms with van der Waals surface area (Å²) in [6.07, 6.45) is 0.637. The molecule has 0 saturated heterocycles. The Kier molecular flexibility index (Phi) is 6.38. The minimum Gasteiger partial charge on any atom is -0.394 e. The third-order valence-electron chi connectivity index (χ3n) is 2.52. The van der Waals surface area contributed by atoms with Gasteiger partial charge in [-0.3, -0.25) is 4.79 Å². The number of hydrogen-bond donors (Lipinski definition) is 4. The maximum absolute atomic E-state index is 11.5. The molecule has 1 atom stereocenters. The Labute approximate surface area is 112 Å². The molecule has 0 unspecified atom stereocenters. The third-order valence-corrected chi connectivity index (χ3v) is 2.52. The van der Waals surface area contributed by atoms with Gasteiger partial charge in [0.05, 0.1) is 19.2 Å². The highest BCUT2D eigenvalue weighted by Crippen LogP contribution is 2.03. The van der Waals surface area contributed by atoms with Gasteiger partial charge >= 0.3 is 6.03 Å². The Balaban J connectivity index is 2.28. The lowest BCUT2D eigenvalue weighted by molar-refractivity contribution is -0.121. The summed E-state index contributed by atoms with van der Waals surface area (Å²) in [6.45, 7) is 1.62. The second-order valence-corrected chi connectivity index (χ2v) is 4.03. The summed E-state index contributed by atoms with van der Waals surface area (Å²) in [5.41, 5.74) is 0.655. The molecular formula is C13H19N3O3. The predicted octanol–water partition coefficient (Wildman–Crippen LogP) is 0.695. The molecule has 104 valence electrons. The molecule has 0 aliphatic heterocycles. The molecule has 1 rings (SSSR count). The Morgan fingerprint density at radius 3 is 2.53 bits per heavy atom. The van der Waals surface area contributed by atoms with Crippen molar-refractivity contribution in [2.24, 2.45) is 0 Å². The van der Waals surface area contributed by atoms with Crippen molar-refractivity contribution in [3.63, 3.8) is 0 Å². The van der Waals surface area contributed by atoms with Gasteiger partial charge in [0, 0.05) is 5.69 Å². The molecule has 0 aliphatic rings. The van der Waals surface area contributed by atoms with Gasteiger partial charge in [-0.2, -0.15) is 0 Å². The number of aliphatic hydroxyl groups is 1. The number of hydrogen-bond acceptors (Lipinski definition) is 3. The van der Waals surface area contributed by atoms with Crippen molar-refractivity contribution in [2.45, 2.75) is 19.4 Å². The van der Waals surface area contributed by atoms with Crippen LogP contribution < -0.4 is 16.0 Å². The van der Waals surface area contributed by atoms with Crippen LogP contribution in [0.25, 0.3) is 0 Å². The molecule has 0 aromatic heterocycles. The highest BCUT2D eigenvalue weighted by Gasteiger charge is 2.10. The first-order valence-corrected chi connectivity index (χ1v) is 6.15. The number of anilines is 1. The molecule has 1 aromatic rings. The molecule has 0 heterocycles. The van der Waals surface area contributed by atoms with Crippen LogP contribution in [0.5, 0.6) is 0 Å². The van der Waals surface area contributed by atoms with E-state index in [1.165, 1.54) is 0 Å². The summed E-state index contributed by atoms with van der Waals surface area (Å²) < 4.78 is 0. The van der Waals surface area contributed by atoms with Gasteiger partial charge in [0.1, 0.15) is 0 Å². The van der Waals surface area contributed by atoms with E-state index in [0.29, 0.717) is 12.1 Å². The molecule has 0 saturated carbocycles. The Hall–Kier alpha value is -2.08. The largest absolute Gasteiger partial charge is 0.394 e. The Morgan fingerprint density at radius 2 is 1.95 bits per heavy atom. The number of nitrogens with one attached hydrogen (secondary N) is 3. The summed E-state index contributed by atoms with van der Waals surface area (Å²) >= 11 is 0. The fourth-order valence-corrected chi connectivity index (χ4v) is 1.41. The molecule has 1 aromatic carbocycles. The molecular weight excluding hydrogens is 246 g/mol. The van der Waals surface area contributed by atoms with Gasteiger partial charge in [-0.25, -0.2) is 4.79 Å². The highest BCUT2D eigenvalue weighted by molar-refractivity contribution is 5.92. The molecule has 0 spiro atoms. The summed E-state index contributed by atoms with van der Waals surface area (Å²) in [6, 6.07) is 8.22. The van der Waals surface area contributed by atoms with Crippen molar-refractivity contribution in [1.82, 2.24) is 10.6 Å². The van der Waals surface area contributed by atoms with E-state index in [1.54, 1.807) is 24.3 Å². The first kappa shape index (κ1) is 15.0. The van der Waals surface area contributed by atoms with Crippen LogP contribution in [0.3, 0.4) is 0 Å². The third kappa shape index (κ3) is 5.87. The van der Waals surface area contributed by atoms with Gasteiger partial charge in [-0.05, 0) is 18.6 Å². The summed E-state index contributed by atoms with van der Waals surface area (Å²) in [4.78, 5) is 23.0. The molecule has 6 heteroatoms. The number of aliphatic hydroxyl groups excluding tert-OH is 1. The molecule has 19 heavy (non-hydrogen) atoms. The van der Waals surface area contributed by atoms with Crippen molar-refractivity contribution < 1.29 is 14.7 Å². The number of urea groups is 1. The summed E-state index contributed by atoms with van der Waals surface area (Å²) in [5, 5.41) is 16.6.